The van der Waals surface area contributed by atoms with Crippen LogP contribution in [0, 0.1) is 6.92 Å². The fourth-order valence-electron chi connectivity index (χ4n) is 2.28. The Morgan fingerprint density at radius 2 is 1.95 bits per heavy atom. The first kappa shape index (κ1) is 11.8. The van der Waals surface area contributed by atoms with Crippen LogP contribution < -0.4 is 4.90 Å². The van der Waals surface area contributed by atoms with Crippen molar-refractivity contribution in [3.05, 3.63) is 59.7 Å². The topological polar surface area (TPSA) is 31.9 Å². The number of H-pyrrole nitrogens is 1. The molecule has 0 spiro atoms. The first-order valence-corrected chi connectivity index (χ1v) is 6.44. The Balaban J connectivity index is 1.85. The number of aromatic amines is 1. The summed E-state index contributed by atoms with van der Waals surface area (Å²) in [6.45, 7) is 2.96. The maximum atomic E-state index is 4.60. The molecule has 0 atom stereocenters. The van der Waals surface area contributed by atoms with Crippen molar-refractivity contribution in [1.29, 1.82) is 0 Å². The highest BCUT2D eigenvalue weighted by atomic mass is 15.2. The molecule has 0 aliphatic carbocycles. The lowest BCUT2D eigenvalue weighted by molar-refractivity contribution is 0.884. The fourth-order valence-corrected chi connectivity index (χ4v) is 2.28. The standard InChI is InChI=1S/C16H17N3/c1-12-6-5-7-13(10-12)11-19(2)16-17-14-8-3-4-9-15(14)18-16/h3-10H,11H2,1-2H3,(H,17,18). The number of benzene rings is 2. The summed E-state index contributed by atoms with van der Waals surface area (Å²) in [4.78, 5) is 10.1. The van der Waals surface area contributed by atoms with E-state index in [0.717, 1.165) is 23.5 Å². The van der Waals surface area contributed by atoms with Crippen LogP contribution in [0.4, 0.5) is 5.95 Å². The number of nitrogens with zero attached hydrogens (tertiary/aromatic N) is 2. The Kier molecular flexibility index (Phi) is 2.95. The second-order valence-corrected chi connectivity index (χ2v) is 4.92. The van der Waals surface area contributed by atoms with Gasteiger partial charge in [0.15, 0.2) is 0 Å². The van der Waals surface area contributed by atoms with Gasteiger partial charge in [0, 0.05) is 13.6 Å². The van der Waals surface area contributed by atoms with Crippen LogP contribution in [0.2, 0.25) is 0 Å². The zero-order chi connectivity index (χ0) is 13.2. The van der Waals surface area contributed by atoms with E-state index >= 15 is 0 Å². The van der Waals surface area contributed by atoms with Gasteiger partial charge < -0.3 is 9.88 Å². The number of anilines is 1. The normalized spacial score (nSPS) is 10.8. The molecular formula is C16H17N3. The number of hydrogen-bond acceptors (Lipinski definition) is 2. The molecule has 0 aliphatic heterocycles. The number of hydrogen-bond donors (Lipinski definition) is 1. The molecule has 1 aromatic heterocycles. The van der Waals surface area contributed by atoms with Gasteiger partial charge in [0.05, 0.1) is 11.0 Å². The molecule has 3 heteroatoms. The summed E-state index contributed by atoms with van der Waals surface area (Å²) in [5.74, 6) is 0.905. The molecule has 0 unspecified atom stereocenters. The molecule has 1 N–H and O–H groups in total. The minimum atomic E-state index is 0.849. The Labute approximate surface area is 112 Å². The van der Waals surface area contributed by atoms with Crippen molar-refractivity contribution in [2.45, 2.75) is 13.5 Å². The molecule has 0 radical (unpaired) electrons. The van der Waals surface area contributed by atoms with E-state index in [1.165, 1.54) is 11.1 Å². The van der Waals surface area contributed by atoms with Gasteiger partial charge in [-0.15, -0.1) is 0 Å². The van der Waals surface area contributed by atoms with Crippen LogP contribution in [0.3, 0.4) is 0 Å². The fraction of sp³-hybridized carbons (Fsp3) is 0.188. The Morgan fingerprint density at radius 1 is 1.11 bits per heavy atom. The van der Waals surface area contributed by atoms with Crippen LogP contribution in [0.15, 0.2) is 48.5 Å². The average molecular weight is 251 g/mol. The predicted octanol–water partition coefficient (Wildman–Crippen LogP) is 3.51. The smallest absolute Gasteiger partial charge is 0.203 e. The molecule has 0 amide bonds. The van der Waals surface area contributed by atoms with E-state index in [4.69, 9.17) is 0 Å². The highest BCUT2D eigenvalue weighted by Crippen LogP contribution is 2.17. The first-order chi connectivity index (χ1) is 9.22. The average Bonchev–Trinajstić information content (AvgIpc) is 2.82. The number of aryl methyl sites for hydroxylation is 1. The van der Waals surface area contributed by atoms with Crippen molar-refractivity contribution in [1.82, 2.24) is 9.97 Å². The second kappa shape index (κ2) is 4.76. The molecule has 19 heavy (non-hydrogen) atoms. The molecule has 0 saturated heterocycles. The van der Waals surface area contributed by atoms with Crippen molar-refractivity contribution in [2.24, 2.45) is 0 Å². The second-order valence-electron chi connectivity index (χ2n) is 4.92. The van der Waals surface area contributed by atoms with Crippen LogP contribution in [0.5, 0.6) is 0 Å². The lowest BCUT2D eigenvalue weighted by Gasteiger charge is -2.16. The van der Waals surface area contributed by atoms with Gasteiger partial charge in [-0.05, 0) is 24.6 Å². The highest BCUT2D eigenvalue weighted by molar-refractivity contribution is 5.77. The maximum absolute atomic E-state index is 4.60. The van der Waals surface area contributed by atoms with Crippen molar-refractivity contribution < 1.29 is 0 Å². The molecule has 96 valence electrons. The number of para-hydroxylation sites is 2. The zero-order valence-corrected chi connectivity index (χ0v) is 11.2. The van der Waals surface area contributed by atoms with E-state index in [1.54, 1.807) is 0 Å². The Hall–Kier alpha value is -2.29. The monoisotopic (exact) mass is 251 g/mol. The van der Waals surface area contributed by atoms with Gasteiger partial charge in [-0.2, -0.15) is 0 Å². The SMILES string of the molecule is Cc1cccc(CN(C)c2nc3ccccc3[nH]2)c1. The minimum absolute atomic E-state index is 0.849. The third-order valence-corrected chi connectivity index (χ3v) is 3.24. The van der Waals surface area contributed by atoms with Gasteiger partial charge in [-0.3, -0.25) is 0 Å². The number of imidazole rings is 1. The first-order valence-electron chi connectivity index (χ1n) is 6.44. The van der Waals surface area contributed by atoms with Gasteiger partial charge in [0.1, 0.15) is 0 Å². The summed E-state index contributed by atoms with van der Waals surface area (Å²) in [5.41, 5.74) is 4.67. The minimum Gasteiger partial charge on any atom is -0.341 e. The summed E-state index contributed by atoms with van der Waals surface area (Å²) in [7, 11) is 2.06. The lowest BCUT2D eigenvalue weighted by atomic mass is 10.1. The molecule has 0 saturated carbocycles. The van der Waals surface area contributed by atoms with Crippen LogP contribution in [0.1, 0.15) is 11.1 Å². The third kappa shape index (κ3) is 2.45. The molecule has 3 aromatic rings. The quantitative estimate of drug-likeness (QED) is 0.772. The predicted molar refractivity (Wildman–Crippen MR) is 79.4 cm³/mol. The van der Waals surface area contributed by atoms with E-state index in [2.05, 4.69) is 53.1 Å². The lowest BCUT2D eigenvalue weighted by Crippen LogP contribution is -2.17. The molecule has 3 rings (SSSR count). The van der Waals surface area contributed by atoms with Crippen molar-refractivity contribution >= 4 is 17.0 Å². The highest BCUT2D eigenvalue weighted by Gasteiger charge is 2.07. The van der Waals surface area contributed by atoms with Gasteiger partial charge in [0.2, 0.25) is 5.95 Å². The molecular weight excluding hydrogens is 234 g/mol. The molecule has 3 nitrogen and oxygen atoms in total. The van der Waals surface area contributed by atoms with Gasteiger partial charge >= 0.3 is 0 Å². The van der Waals surface area contributed by atoms with Crippen LogP contribution in [0.25, 0.3) is 11.0 Å². The number of rotatable bonds is 3. The largest absolute Gasteiger partial charge is 0.341 e. The Bertz CT molecular complexity index is 667. The zero-order valence-electron chi connectivity index (χ0n) is 11.2. The van der Waals surface area contributed by atoms with E-state index in [9.17, 15) is 0 Å². The van der Waals surface area contributed by atoms with Gasteiger partial charge in [-0.25, -0.2) is 4.98 Å². The van der Waals surface area contributed by atoms with E-state index < -0.39 is 0 Å². The van der Waals surface area contributed by atoms with Gasteiger partial charge in [-0.1, -0.05) is 42.0 Å². The third-order valence-electron chi connectivity index (χ3n) is 3.24. The molecule has 0 aliphatic rings. The molecule has 0 bridgehead atoms. The summed E-state index contributed by atoms with van der Waals surface area (Å²) in [6, 6.07) is 16.7. The Morgan fingerprint density at radius 3 is 2.74 bits per heavy atom. The number of aromatic nitrogens is 2. The van der Waals surface area contributed by atoms with E-state index in [1.807, 2.05) is 24.3 Å². The molecule has 0 fully saturated rings. The van der Waals surface area contributed by atoms with Gasteiger partial charge in [0.25, 0.3) is 0 Å². The van der Waals surface area contributed by atoms with E-state index in [-0.39, 0.29) is 0 Å². The van der Waals surface area contributed by atoms with Crippen LogP contribution in [-0.2, 0) is 6.54 Å². The van der Waals surface area contributed by atoms with E-state index in [0.29, 0.717) is 0 Å². The summed E-state index contributed by atoms with van der Waals surface area (Å²) < 4.78 is 0. The number of nitrogens with one attached hydrogen (secondary N) is 1. The number of fused-ring (bicyclic) bond motifs is 1. The van der Waals surface area contributed by atoms with Crippen molar-refractivity contribution in [2.75, 3.05) is 11.9 Å². The van der Waals surface area contributed by atoms with Crippen LogP contribution in [-0.4, -0.2) is 17.0 Å². The summed E-state index contributed by atoms with van der Waals surface area (Å²) in [6.07, 6.45) is 0. The van der Waals surface area contributed by atoms with Crippen LogP contribution >= 0.6 is 0 Å². The van der Waals surface area contributed by atoms with Crippen molar-refractivity contribution in [3.8, 4) is 0 Å². The summed E-state index contributed by atoms with van der Waals surface area (Å²) >= 11 is 0. The van der Waals surface area contributed by atoms with Crippen molar-refractivity contribution in [3.63, 3.8) is 0 Å². The molecule has 2 aromatic carbocycles. The molecule has 1 heterocycles. The maximum Gasteiger partial charge on any atom is 0.203 e. The summed E-state index contributed by atoms with van der Waals surface area (Å²) in [5, 5.41) is 0.